The van der Waals surface area contributed by atoms with Crippen molar-refractivity contribution in [3.05, 3.63) is 48.6 Å². The number of esters is 1. The van der Waals surface area contributed by atoms with Crippen LogP contribution in [0.25, 0.3) is 0 Å². The Morgan fingerprint density at radius 2 is 2.05 bits per heavy atom. The van der Waals surface area contributed by atoms with Crippen molar-refractivity contribution in [3.63, 3.8) is 0 Å². The molecule has 0 aromatic heterocycles. The van der Waals surface area contributed by atoms with Gasteiger partial charge in [-0.3, -0.25) is 9.59 Å². The predicted molar refractivity (Wildman–Crippen MR) is 78.1 cm³/mol. The van der Waals surface area contributed by atoms with Crippen molar-refractivity contribution in [2.45, 2.75) is 19.8 Å². The number of hydrogen-bond acceptors (Lipinski definition) is 3. The van der Waals surface area contributed by atoms with Gasteiger partial charge in [-0.05, 0) is 13.3 Å². The third kappa shape index (κ3) is 3.16. The Morgan fingerprint density at radius 3 is 2.55 bits per heavy atom. The van der Waals surface area contributed by atoms with Crippen LogP contribution >= 0.6 is 0 Å². The molecule has 0 N–H and O–H groups in total. The maximum Gasteiger partial charge on any atom is 0.321 e. The number of carbonyl (C=O) groups is 2. The van der Waals surface area contributed by atoms with E-state index in [1.54, 1.807) is 37.3 Å². The molecule has 1 unspecified atom stereocenters. The Hall–Kier alpha value is -2.34. The third-order valence-corrected chi connectivity index (χ3v) is 3.03. The van der Waals surface area contributed by atoms with Gasteiger partial charge in [-0.2, -0.15) is 0 Å². The van der Waals surface area contributed by atoms with Crippen molar-refractivity contribution in [2.24, 2.45) is 5.41 Å². The number of carbonyl (C=O) groups excluding carboxylic acids is 2. The van der Waals surface area contributed by atoms with Gasteiger partial charge >= 0.3 is 5.97 Å². The van der Waals surface area contributed by atoms with E-state index in [1.807, 2.05) is 0 Å². The Balaban J connectivity index is 3.28. The molecule has 1 rings (SSSR count). The Kier molecular flexibility index (Phi) is 5.74. The zero-order chi connectivity index (χ0) is 15.0. The van der Waals surface area contributed by atoms with Gasteiger partial charge in [0.1, 0.15) is 5.41 Å². The van der Waals surface area contributed by atoms with E-state index in [-0.39, 0.29) is 25.2 Å². The molecule has 0 aliphatic rings. The number of allylic oxidation sites excluding steroid dienone is 1. The lowest BCUT2D eigenvalue weighted by Gasteiger charge is -2.27. The van der Waals surface area contributed by atoms with Crippen LogP contribution in [0.4, 0.5) is 0 Å². The number of Topliss-reactive ketones (excluding diaryl/α,β-unsaturated/α-hetero) is 1. The lowest BCUT2D eigenvalue weighted by Crippen LogP contribution is -2.40. The lowest BCUT2D eigenvalue weighted by molar-refractivity contribution is -0.151. The zero-order valence-corrected chi connectivity index (χ0v) is 11.6. The van der Waals surface area contributed by atoms with Crippen LogP contribution < -0.4 is 0 Å². The molecule has 20 heavy (non-hydrogen) atoms. The molecule has 0 aliphatic heterocycles. The van der Waals surface area contributed by atoms with E-state index in [0.29, 0.717) is 5.56 Å². The summed E-state index contributed by atoms with van der Waals surface area (Å²) >= 11 is 0. The van der Waals surface area contributed by atoms with Crippen LogP contribution in [-0.2, 0) is 9.53 Å². The van der Waals surface area contributed by atoms with Crippen LogP contribution in [0.15, 0.2) is 43.0 Å². The number of terminal acetylenes is 1. The first kappa shape index (κ1) is 15.7. The highest BCUT2D eigenvalue weighted by molar-refractivity contribution is 6.12. The van der Waals surface area contributed by atoms with Gasteiger partial charge in [0.05, 0.1) is 6.61 Å². The minimum atomic E-state index is -1.38. The molecule has 3 heteroatoms. The fourth-order valence-corrected chi connectivity index (χ4v) is 2.05. The summed E-state index contributed by atoms with van der Waals surface area (Å²) in [6.45, 7) is 5.51. The summed E-state index contributed by atoms with van der Waals surface area (Å²) in [5.41, 5.74) is -0.939. The minimum Gasteiger partial charge on any atom is -0.465 e. The van der Waals surface area contributed by atoms with Crippen molar-refractivity contribution < 1.29 is 14.3 Å². The van der Waals surface area contributed by atoms with E-state index in [4.69, 9.17) is 11.2 Å². The number of benzene rings is 1. The highest BCUT2D eigenvalue weighted by Crippen LogP contribution is 2.33. The number of ketones is 1. The van der Waals surface area contributed by atoms with E-state index in [9.17, 15) is 9.59 Å². The second kappa shape index (κ2) is 7.30. The summed E-state index contributed by atoms with van der Waals surface area (Å²) in [5.74, 6) is 1.50. The monoisotopic (exact) mass is 270 g/mol. The van der Waals surface area contributed by atoms with Crippen molar-refractivity contribution in [2.75, 3.05) is 6.61 Å². The first-order valence-electron chi connectivity index (χ1n) is 6.43. The number of ether oxygens (including phenoxy) is 1. The zero-order valence-electron chi connectivity index (χ0n) is 11.6. The second-order valence-electron chi connectivity index (χ2n) is 4.37. The molecule has 0 amide bonds. The average molecular weight is 270 g/mol. The molecule has 104 valence electrons. The Labute approximate surface area is 119 Å². The average Bonchev–Trinajstić information content (AvgIpc) is 2.47. The van der Waals surface area contributed by atoms with Gasteiger partial charge < -0.3 is 4.74 Å². The third-order valence-electron chi connectivity index (χ3n) is 3.03. The molecule has 1 aromatic carbocycles. The fraction of sp³-hybridized carbons (Fsp3) is 0.294. The first-order chi connectivity index (χ1) is 9.62. The Bertz CT molecular complexity index is 525. The molecule has 0 saturated carbocycles. The van der Waals surface area contributed by atoms with E-state index in [0.717, 1.165) is 0 Å². The van der Waals surface area contributed by atoms with Gasteiger partial charge in [0.15, 0.2) is 5.78 Å². The largest absolute Gasteiger partial charge is 0.465 e. The van der Waals surface area contributed by atoms with Crippen LogP contribution in [0, 0.1) is 17.8 Å². The van der Waals surface area contributed by atoms with E-state index in [1.165, 1.54) is 6.08 Å². The summed E-state index contributed by atoms with van der Waals surface area (Å²) in [7, 11) is 0. The standard InChI is InChI=1S/C17H18O3/c1-4-12-17(13-5-2,16(19)20-6-3)15(18)14-10-8-7-9-11-14/h1,5,7-11H,2,6,12-13H2,3H3. The normalized spacial score (nSPS) is 12.8. The highest BCUT2D eigenvalue weighted by Gasteiger charge is 2.45. The molecule has 0 radical (unpaired) electrons. The van der Waals surface area contributed by atoms with Gasteiger partial charge in [-0.25, -0.2) is 0 Å². The SMILES string of the molecule is C#CCC(CC=C)(C(=O)OCC)C(=O)c1ccccc1. The van der Waals surface area contributed by atoms with Crippen LogP contribution in [0.5, 0.6) is 0 Å². The number of hydrogen-bond donors (Lipinski definition) is 0. The molecule has 0 spiro atoms. The van der Waals surface area contributed by atoms with Crippen molar-refractivity contribution in [3.8, 4) is 12.3 Å². The van der Waals surface area contributed by atoms with Crippen LogP contribution in [0.2, 0.25) is 0 Å². The van der Waals surface area contributed by atoms with Gasteiger partial charge in [0.2, 0.25) is 0 Å². The fourth-order valence-electron chi connectivity index (χ4n) is 2.05. The molecular formula is C17H18O3. The maximum atomic E-state index is 12.7. The molecule has 1 atom stereocenters. The molecule has 1 aromatic rings. The van der Waals surface area contributed by atoms with Crippen molar-refractivity contribution in [1.82, 2.24) is 0 Å². The van der Waals surface area contributed by atoms with Crippen LogP contribution in [0.1, 0.15) is 30.1 Å². The quantitative estimate of drug-likeness (QED) is 0.251. The smallest absolute Gasteiger partial charge is 0.321 e. The Morgan fingerprint density at radius 1 is 1.40 bits per heavy atom. The number of rotatable bonds is 7. The molecule has 0 bridgehead atoms. The van der Waals surface area contributed by atoms with Gasteiger partial charge in [0, 0.05) is 12.0 Å². The van der Waals surface area contributed by atoms with Gasteiger partial charge in [-0.1, -0.05) is 36.4 Å². The summed E-state index contributed by atoms with van der Waals surface area (Å²) in [6, 6.07) is 8.61. The summed E-state index contributed by atoms with van der Waals surface area (Å²) < 4.78 is 5.05. The molecule has 0 heterocycles. The van der Waals surface area contributed by atoms with Crippen LogP contribution in [0.3, 0.4) is 0 Å². The van der Waals surface area contributed by atoms with Crippen LogP contribution in [-0.4, -0.2) is 18.4 Å². The van der Waals surface area contributed by atoms with Gasteiger partial charge in [-0.15, -0.1) is 18.9 Å². The van der Waals surface area contributed by atoms with E-state index < -0.39 is 11.4 Å². The molecule has 0 fully saturated rings. The lowest BCUT2D eigenvalue weighted by atomic mass is 9.75. The van der Waals surface area contributed by atoms with E-state index >= 15 is 0 Å². The molecular weight excluding hydrogens is 252 g/mol. The summed E-state index contributed by atoms with van der Waals surface area (Å²) in [4.78, 5) is 25.0. The highest BCUT2D eigenvalue weighted by atomic mass is 16.5. The molecule has 0 saturated heterocycles. The molecule has 0 aliphatic carbocycles. The van der Waals surface area contributed by atoms with Crippen molar-refractivity contribution in [1.29, 1.82) is 0 Å². The predicted octanol–water partition coefficient (Wildman–Crippen LogP) is 3.02. The van der Waals surface area contributed by atoms with E-state index in [2.05, 4.69) is 12.5 Å². The maximum absolute atomic E-state index is 12.7. The second-order valence-corrected chi connectivity index (χ2v) is 4.37. The minimum absolute atomic E-state index is 0.00835. The topological polar surface area (TPSA) is 43.4 Å². The summed E-state index contributed by atoms with van der Waals surface area (Å²) in [6.07, 6.45) is 7.02. The first-order valence-corrected chi connectivity index (χ1v) is 6.43. The summed E-state index contributed by atoms with van der Waals surface area (Å²) in [5, 5.41) is 0. The van der Waals surface area contributed by atoms with Crippen molar-refractivity contribution >= 4 is 11.8 Å². The van der Waals surface area contributed by atoms with Gasteiger partial charge in [0.25, 0.3) is 0 Å². The molecule has 3 nitrogen and oxygen atoms in total.